The van der Waals surface area contributed by atoms with E-state index in [1.165, 1.54) is 6.07 Å². The first-order chi connectivity index (χ1) is 17.0. The summed E-state index contributed by atoms with van der Waals surface area (Å²) in [6, 6.07) is 14.0. The second-order valence-electron chi connectivity index (χ2n) is 8.77. The fourth-order valence-corrected chi connectivity index (χ4v) is 4.53. The van der Waals surface area contributed by atoms with E-state index in [0.29, 0.717) is 34.4 Å². The fourth-order valence-electron chi connectivity index (χ4n) is 4.53. The Kier molecular flexibility index (Phi) is 6.17. The molecule has 0 saturated heterocycles. The van der Waals surface area contributed by atoms with E-state index in [-0.39, 0.29) is 23.8 Å². The van der Waals surface area contributed by atoms with Gasteiger partial charge in [0.2, 0.25) is 17.8 Å². The molecule has 0 atom stereocenters. The summed E-state index contributed by atoms with van der Waals surface area (Å²) in [6.45, 7) is 1.54. The smallest absolute Gasteiger partial charge is 0.229 e. The van der Waals surface area contributed by atoms with Crippen molar-refractivity contribution in [1.29, 1.82) is 0 Å². The summed E-state index contributed by atoms with van der Waals surface area (Å²) < 4.78 is 16.5. The average Bonchev–Trinajstić information content (AvgIpc) is 3.19. The maximum absolute atomic E-state index is 14.4. The van der Waals surface area contributed by atoms with Gasteiger partial charge >= 0.3 is 0 Å². The Bertz CT molecular complexity index is 1350. The average molecular weight is 475 g/mol. The van der Waals surface area contributed by atoms with E-state index in [4.69, 9.17) is 15.7 Å². The molecule has 180 valence electrons. The predicted molar refractivity (Wildman–Crippen MR) is 134 cm³/mol. The van der Waals surface area contributed by atoms with Crippen LogP contribution in [-0.2, 0) is 4.79 Å². The first-order valence-electron chi connectivity index (χ1n) is 11.6. The number of hydrogen-bond donors (Lipinski definition) is 4. The third-order valence-electron chi connectivity index (χ3n) is 6.19. The summed E-state index contributed by atoms with van der Waals surface area (Å²) in [4.78, 5) is 25.4. The summed E-state index contributed by atoms with van der Waals surface area (Å²) in [5.41, 5.74) is 8.86. The van der Waals surface area contributed by atoms with Gasteiger partial charge in [0.15, 0.2) is 5.65 Å². The summed E-state index contributed by atoms with van der Waals surface area (Å²) in [5, 5.41) is 9.37. The Morgan fingerprint density at radius 3 is 2.49 bits per heavy atom. The minimum atomic E-state index is -0.364. The van der Waals surface area contributed by atoms with Crippen LogP contribution in [0.5, 0.6) is 0 Å². The molecule has 1 fully saturated rings. The lowest BCUT2D eigenvalue weighted by atomic mass is 9.91. The number of nitrogen functional groups attached to an aromatic ring is 1. The van der Waals surface area contributed by atoms with E-state index in [0.717, 1.165) is 31.4 Å². The van der Waals surface area contributed by atoms with Crippen molar-refractivity contribution in [2.24, 2.45) is 0 Å². The Morgan fingerprint density at radius 1 is 1.03 bits per heavy atom. The molecule has 35 heavy (non-hydrogen) atoms. The lowest BCUT2D eigenvalue weighted by molar-refractivity contribution is -0.119. The molecular formula is C25H27FN8O. The van der Waals surface area contributed by atoms with Crippen molar-refractivity contribution in [2.75, 3.05) is 16.4 Å². The van der Waals surface area contributed by atoms with Crippen molar-refractivity contribution in [2.45, 2.75) is 44.7 Å². The molecule has 2 aromatic carbocycles. The van der Waals surface area contributed by atoms with Crippen LogP contribution in [0.3, 0.4) is 0 Å². The molecular weight excluding hydrogens is 447 g/mol. The van der Waals surface area contributed by atoms with Gasteiger partial charge in [-0.15, -0.1) is 0 Å². The molecule has 2 heterocycles. The van der Waals surface area contributed by atoms with Crippen molar-refractivity contribution >= 4 is 46.0 Å². The van der Waals surface area contributed by atoms with Crippen molar-refractivity contribution < 1.29 is 9.18 Å². The minimum Gasteiger partial charge on any atom is -0.399 e. The molecule has 5 rings (SSSR count). The number of fused-ring (bicyclic) bond motifs is 1. The number of nitrogens with two attached hydrogens (primary N) is 1. The van der Waals surface area contributed by atoms with Crippen molar-refractivity contribution in [3.63, 3.8) is 0 Å². The third kappa shape index (κ3) is 5.01. The van der Waals surface area contributed by atoms with Gasteiger partial charge < -0.3 is 21.7 Å². The van der Waals surface area contributed by atoms with Crippen LogP contribution in [-0.4, -0.2) is 31.5 Å². The third-order valence-corrected chi connectivity index (χ3v) is 6.19. The molecule has 0 spiro atoms. The summed E-state index contributed by atoms with van der Waals surface area (Å²) in [7, 11) is 0. The number of amides is 1. The van der Waals surface area contributed by atoms with Crippen LogP contribution in [0.2, 0.25) is 0 Å². The van der Waals surface area contributed by atoms with Crippen molar-refractivity contribution in [3.05, 3.63) is 60.5 Å². The topological polar surface area (TPSA) is 123 Å². The minimum absolute atomic E-state index is 0.0189. The van der Waals surface area contributed by atoms with Crippen LogP contribution < -0.4 is 21.7 Å². The molecule has 0 aliphatic heterocycles. The number of carbonyl (C=O) groups excluding carboxylic acids is 1. The number of carbonyl (C=O) groups is 1. The molecule has 0 bridgehead atoms. The Hall–Kier alpha value is -4.21. The number of hydrogen-bond acceptors (Lipinski definition) is 7. The lowest BCUT2D eigenvalue weighted by Crippen LogP contribution is -2.36. The van der Waals surface area contributed by atoms with E-state index >= 15 is 0 Å². The zero-order chi connectivity index (χ0) is 24.4. The molecule has 1 aliphatic rings. The van der Waals surface area contributed by atoms with Gasteiger partial charge in [-0.3, -0.25) is 9.36 Å². The molecule has 2 aromatic heterocycles. The van der Waals surface area contributed by atoms with Crippen LogP contribution >= 0.6 is 0 Å². The zero-order valence-electron chi connectivity index (χ0n) is 19.3. The van der Waals surface area contributed by atoms with Gasteiger partial charge in [-0.1, -0.05) is 12.1 Å². The monoisotopic (exact) mass is 474 g/mol. The highest BCUT2D eigenvalue weighted by atomic mass is 19.1. The Balaban J connectivity index is 1.50. The number of benzene rings is 2. The largest absolute Gasteiger partial charge is 0.399 e. The van der Waals surface area contributed by atoms with E-state index in [2.05, 4.69) is 20.9 Å². The lowest BCUT2D eigenvalue weighted by Gasteiger charge is -2.30. The van der Waals surface area contributed by atoms with Crippen LogP contribution in [0.25, 0.3) is 11.2 Å². The first kappa shape index (κ1) is 22.6. The number of nitrogens with zero attached hydrogens (tertiary/aromatic N) is 4. The zero-order valence-corrected chi connectivity index (χ0v) is 19.3. The van der Waals surface area contributed by atoms with E-state index in [1.807, 2.05) is 16.7 Å². The van der Waals surface area contributed by atoms with Crippen LogP contribution in [0.15, 0.2) is 54.7 Å². The summed E-state index contributed by atoms with van der Waals surface area (Å²) in [5.74, 6) is 0.548. The quantitative estimate of drug-likeness (QED) is 0.300. The number of para-hydroxylation sites is 1. The summed E-state index contributed by atoms with van der Waals surface area (Å²) >= 11 is 0. The van der Waals surface area contributed by atoms with E-state index in [1.54, 1.807) is 43.5 Å². The van der Waals surface area contributed by atoms with E-state index in [9.17, 15) is 9.18 Å². The number of anilines is 5. The highest BCUT2D eigenvalue weighted by molar-refractivity contribution is 5.77. The second-order valence-corrected chi connectivity index (χ2v) is 8.77. The molecule has 10 heteroatoms. The van der Waals surface area contributed by atoms with Crippen LogP contribution in [0, 0.1) is 5.82 Å². The van der Waals surface area contributed by atoms with Gasteiger partial charge in [0.25, 0.3) is 0 Å². The first-order valence-corrected chi connectivity index (χ1v) is 11.6. The van der Waals surface area contributed by atoms with Gasteiger partial charge in [0.05, 0.1) is 11.9 Å². The number of aromatic nitrogens is 4. The second kappa shape index (κ2) is 9.57. The fraction of sp³-hybridized carbons (Fsp3) is 0.280. The van der Waals surface area contributed by atoms with Gasteiger partial charge in [0.1, 0.15) is 11.3 Å². The molecule has 1 aliphatic carbocycles. The maximum Gasteiger partial charge on any atom is 0.229 e. The van der Waals surface area contributed by atoms with Crippen molar-refractivity contribution in [1.82, 2.24) is 24.8 Å². The van der Waals surface area contributed by atoms with Gasteiger partial charge in [-0.25, -0.2) is 14.4 Å². The number of rotatable bonds is 6. The summed E-state index contributed by atoms with van der Waals surface area (Å²) in [6.07, 6.45) is 4.99. The normalized spacial score (nSPS) is 17.8. The molecule has 0 radical (unpaired) electrons. The Labute approximate surface area is 202 Å². The van der Waals surface area contributed by atoms with Crippen molar-refractivity contribution in [3.8, 4) is 0 Å². The van der Waals surface area contributed by atoms with Crippen LogP contribution in [0.1, 0.15) is 38.6 Å². The highest BCUT2D eigenvalue weighted by Crippen LogP contribution is 2.35. The number of halogens is 1. The molecule has 9 nitrogen and oxygen atoms in total. The highest BCUT2D eigenvalue weighted by Gasteiger charge is 2.27. The maximum atomic E-state index is 14.4. The Morgan fingerprint density at radius 2 is 1.77 bits per heavy atom. The van der Waals surface area contributed by atoms with E-state index < -0.39 is 0 Å². The molecule has 1 amide bonds. The molecule has 4 aromatic rings. The van der Waals surface area contributed by atoms with Gasteiger partial charge in [-0.05, 0) is 62.1 Å². The number of nitrogens with one attached hydrogen (secondary N) is 3. The number of imidazole rings is 1. The standard InChI is InChI=1S/C25H27FN8O/c1-15(35)29-17-10-12-19(13-11-17)34-23-22(32-25(34)31-21-5-3-2-4-20(21)26)14-28-24(33-23)30-18-8-6-16(27)7-9-18/h2-9,14,17,19H,10-13,27H2,1H3,(H,29,35)(H,31,32)(H,28,30,33). The van der Waals surface area contributed by atoms with Gasteiger partial charge in [-0.2, -0.15) is 4.98 Å². The molecule has 1 saturated carbocycles. The predicted octanol–water partition coefficient (Wildman–Crippen LogP) is 4.65. The van der Waals surface area contributed by atoms with Crippen LogP contribution in [0.4, 0.5) is 33.3 Å². The SMILES string of the molecule is CC(=O)NC1CCC(n2c(Nc3ccccc3F)nc3cnc(Nc4ccc(N)cc4)nc32)CC1. The molecule has 0 unspecified atom stereocenters. The molecule has 5 N–H and O–H groups in total. The van der Waals surface area contributed by atoms with Gasteiger partial charge in [0, 0.05) is 30.4 Å².